The van der Waals surface area contributed by atoms with E-state index in [-0.39, 0.29) is 18.5 Å². The lowest BCUT2D eigenvalue weighted by atomic mass is 10.0. The number of hydrogen-bond donors (Lipinski definition) is 3. The Hall–Kier alpha value is -1.92. The number of carbonyl (C=O) groups is 2. The number of ether oxygens (including phenoxy) is 1. The fourth-order valence-electron chi connectivity index (χ4n) is 9.44. The Bertz CT molecular complexity index is 1120. The quantitative estimate of drug-likeness (QED) is 0.0321. The largest absolute Gasteiger partial charge is 0.466 e. The monoisotopic (exact) mass is 970 g/mol. The summed E-state index contributed by atoms with van der Waals surface area (Å²) in [6, 6.07) is -0.627. The summed E-state index contributed by atoms with van der Waals surface area (Å²) in [7, 11) is 0. The first kappa shape index (κ1) is 67.1. The third kappa shape index (κ3) is 55.2. The van der Waals surface area contributed by atoms with Gasteiger partial charge in [0, 0.05) is 12.8 Å². The Morgan fingerprint density at radius 2 is 0.754 bits per heavy atom. The highest BCUT2D eigenvalue weighted by molar-refractivity contribution is 5.76. The molecule has 6 nitrogen and oxygen atoms in total. The molecule has 0 aromatic heterocycles. The molecule has 406 valence electrons. The van der Waals surface area contributed by atoms with Gasteiger partial charge in [0.2, 0.25) is 5.91 Å². The Balaban J connectivity index is 3.39. The highest BCUT2D eigenvalue weighted by Gasteiger charge is 2.18. The van der Waals surface area contributed by atoms with E-state index in [1.54, 1.807) is 6.08 Å². The van der Waals surface area contributed by atoms with Gasteiger partial charge < -0.3 is 20.3 Å². The lowest BCUT2D eigenvalue weighted by Crippen LogP contribution is -2.45. The third-order valence-electron chi connectivity index (χ3n) is 14.1. The van der Waals surface area contributed by atoms with Gasteiger partial charge in [-0.05, 0) is 57.8 Å². The lowest BCUT2D eigenvalue weighted by Gasteiger charge is -2.20. The zero-order valence-electron chi connectivity index (χ0n) is 46.3. The molecule has 0 aromatic carbocycles. The average molecular weight is 971 g/mol. The van der Waals surface area contributed by atoms with Crippen LogP contribution in [0.5, 0.6) is 0 Å². The van der Waals surface area contributed by atoms with E-state index in [1.165, 1.54) is 250 Å². The molecule has 0 saturated carbocycles. The van der Waals surface area contributed by atoms with Gasteiger partial charge in [0.15, 0.2) is 0 Å². The second-order valence-electron chi connectivity index (χ2n) is 21.0. The van der Waals surface area contributed by atoms with Gasteiger partial charge in [-0.3, -0.25) is 9.59 Å². The maximum Gasteiger partial charge on any atom is 0.305 e. The van der Waals surface area contributed by atoms with Gasteiger partial charge in [-0.15, -0.1) is 0 Å². The molecule has 0 aliphatic carbocycles. The number of rotatable bonds is 57. The standard InChI is InChI=1S/C63H119NO5/c1-3-5-7-9-11-13-15-17-28-32-35-39-43-47-51-55-61(66)60(59-65)64-62(67)56-52-48-44-40-36-33-29-26-24-22-20-18-19-21-23-25-27-30-34-38-42-46-50-54-58-69-63(68)57-53-49-45-41-37-31-16-14-12-10-8-6-4-2/h8,10,14,16,51,55,60-61,65-66H,3-7,9,11-13,15,17-50,52-54,56-59H2,1-2H3,(H,64,67)/b10-8-,16-14-,55-51+. The molecule has 0 saturated heterocycles. The zero-order valence-corrected chi connectivity index (χ0v) is 46.3. The van der Waals surface area contributed by atoms with E-state index < -0.39 is 12.1 Å². The molecule has 1 amide bonds. The summed E-state index contributed by atoms with van der Waals surface area (Å²) in [4.78, 5) is 24.5. The fourth-order valence-corrected chi connectivity index (χ4v) is 9.44. The smallest absolute Gasteiger partial charge is 0.305 e. The fraction of sp³-hybridized carbons (Fsp3) is 0.873. The Morgan fingerprint density at radius 1 is 0.406 bits per heavy atom. The van der Waals surface area contributed by atoms with Crippen molar-refractivity contribution in [1.29, 1.82) is 0 Å². The molecule has 2 atom stereocenters. The highest BCUT2D eigenvalue weighted by Crippen LogP contribution is 2.18. The third-order valence-corrected chi connectivity index (χ3v) is 14.1. The minimum atomic E-state index is -0.843. The molecule has 0 heterocycles. The van der Waals surface area contributed by atoms with Gasteiger partial charge in [-0.25, -0.2) is 0 Å². The summed E-state index contributed by atoms with van der Waals surface area (Å²) in [6.07, 6.45) is 73.3. The van der Waals surface area contributed by atoms with Crippen LogP contribution in [0.1, 0.15) is 328 Å². The van der Waals surface area contributed by atoms with Gasteiger partial charge in [-0.2, -0.15) is 0 Å². The molecule has 0 fully saturated rings. The van der Waals surface area contributed by atoms with Gasteiger partial charge >= 0.3 is 5.97 Å². The van der Waals surface area contributed by atoms with Crippen LogP contribution in [0.3, 0.4) is 0 Å². The summed E-state index contributed by atoms with van der Waals surface area (Å²) in [5.74, 6) is -0.0663. The summed E-state index contributed by atoms with van der Waals surface area (Å²) < 4.78 is 5.47. The zero-order chi connectivity index (χ0) is 50.0. The molecule has 0 aliphatic rings. The van der Waals surface area contributed by atoms with E-state index in [0.717, 1.165) is 51.4 Å². The van der Waals surface area contributed by atoms with Crippen molar-refractivity contribution in [2.45, 2.75) is 341 Å². The highest BCUT2D eigenvalue weighted by atomic mass is 16.5. The maximum absolute atomic E-state index is 12.5. The molecular weight excluding hydrogens is 851 g/mol. The van der Waals surface area contributed by atoms with Crippen molar-refractivity contribution < 1.29 is 24.5 Å². The summed E-state index contributed by atoms with van der Waals surface area (Å²) >= 11 is 0. The van der Waals surface area contributed by atoms with Crippen LogP contribution in [0.25, 0.3) is 0 Å². The molecule has 6 heteroatoms. The number of carbonyl (C=O) groups excluding carboxylic acids is 2. The molecule has 69 heavy (non-hydrogen) atoms. The number of nitrogens with one attached hydrogen (secondary N) is 1. The SMILES string of the molecule is CCC/C=C\C/C=C\CCCCCCCC(=O)OCCCCCCCCCCCCCCCCCCCCCCCCCCC(=O)NC(CO)C(O)/C=C/CCCCCCCCCCCCCCC. The number of amides is 1. The first-order valence-electron chi connectivity index (χ1n) is 30.8. The summed E-state index contributed by atoms with van der Waals surface area (Å²) in [6.45, 7) is 4.85. The van der Waals surface area contributed by atoms with Crippen LogP contribution in [0, 0.1) is 0 Å². The van der Waals surface area contributed by atoms with Crippen molar-refractivity contribution in [3.63, 3.8) is 0 Å². The molecule has 2 unspecified atom stereocenters. The van der Waals surface area contributed by atoms with E-state index in [4.69, 9.17) is 4.74 Å². The Kier molecular flexibility index (Phi) is 57.0. The van der Waals surface area contributed by atoms with Crippen LogP contribution in [-0.4, -0.2) is 47.4 Å². The number of unbranched alkanes of at least 4 members (excludes halogenated alkanes) is 42. The number of esters is 1. The minimum absolute atomic E-state index is 0.000505. The minimum Gasteiger partial charge on any atom is -0.466 e. The number of aliphatic hydroxyl groups is 2. The van der Waals surface area contributed by atoms with E-state index in [1.807, 2.05) is 6.08 Å². The van der Waals surface area contributed by atoms with E-state index in [2.05, 4.69) is 43.5 Å². The molecule has 0 radical (unpaired) electrons. The number of aliphatic hydroxyl groups excluding tert-OH is 2. The second kappa shape index (κ2) is 58.6. The molecule has 0 aromatic rings. The van der Waals surface area contributed by atoms with Crippen LogP contribution in [0.2, 0.25) is 0 Å². The van der Waals surface area contributed by atoms with Crippen molar-refractivity contribution in [1.82, 2.24) is 5.32 Å². The van der Waals surface area contributed by atoms with Gasteiger partial charge in [0.1, 0.15) is 0 Å². The van der Waals surface area contributed by atoms with Gasteiger partial charge in [-0.1, -0.05) is 294 Å². The van der Waals surface area contributed by atoms with Crippen molar-refractivity contribution in [3.05, 3.63) is 36.5 Å². The molecule has 0 aliphatic heterocycles. The summed E-state index contributed by atoms with van der Waals surface area (Å²) in [5.41, 5.74) is 0. The predicted octanol–water partition coefficient (Wildman–Crippen LogP) is 19.2. The van der Waals surface area contributed by atoms with Gasteiger partial charge in [0.25, 0.3) is 0 Å². The van der Waals surface area contributed by atoms with E-state index in [0.29, 0.717) is 19.4 Å². The van der Waals surface area contributed by atoms with Crippen LogP contribution < -0.4 is 5.32 Å². The topological polar surface area (TPSA) is 95.9 Å². The van der Waals surface area contributed by atoms with Gasteiger partial charge in [0.05, 0.1) is 25.4 Å². The first-order chi connectivity index (χ1) is 34.0. The number of allylic oxidation sites excluding steroid dienone is 5. The maximum atomic E-state index is 12.5. The lowest BCUT2D eigenvalue weighted by molar-refractivity contribution is -0.143. The summed E-state index contributed by atoms with van der Waals surface area (Å²) in [5, 5.41) is 23.1. The Morgan fingerprint density at radius 3 is 1.16 bits per heavy atom. The molecule has 0 bridgehead atoms. The van der Waals surface area contributed by atoms with Crippen LogP contribution in [-0.2, 0) is 14.3 Å². The van der Waals surface area contributed by atoms with Crippen LogP contribution in [0.15, 0.2) is 36.5 Å². The Labute approximate surface area is 430 Å². The average Bonchev–Trinajstić information content (AvgIpc) is 3.35. The van der Waals surface area contributed by atoms with E-state index in [9.17, 15) is 19.8 Å². The molecule has 3 N–H and O–H groups in total. The molecular formula is C63H119NO5. The van der Waals surface area contributed by atoms with Crippen molar-refractivity contribution >= 4 is 11.9 Å². The predicted molar refractivity (Wildman–Crippen MR) is 301 cm³/mol. The van der Waals surface area contributed by atoms with Crippen molar-refractivity contribution in [2.24, 2.45) is 0 Å². The van der Waals surface area contributed by atoms with E-state index >= 15 is 0 Å². The molecule has 0 rings (SSSR count). The van der Waals surface area contributed by atoms with Crippen LogP contribution in [0.4, 0.5) is 0 Å². The molecule has 0 spiro atoms. The first-order valence-corrected chi connectivity index (χ1v) is 30.8. The van der Waals surface area contributed by atoms with Crippen LogP contribution >= 0.6 is 0 Å². The number of hydrogen-bond acceptors (Lipinski definition) is 5. The normalized spacial score (nSPS) is 12.8. The second-order valence-corrected chi connectivity index (χ2v) is 21.0. The van der Waals surface area contributed by atoms with Crippen molar-refractivity contribution in [3.8, 4) is 0 Å². The van der Waals surface area contributed by atoms with Crippen molar-refractivity contribution in [2.75, 3.05) is 13.2 Å².